The van der Waals surface area contributed by atoms with E-state index in [9.17, 15) is 32.7 Å². The first-order valence-electron chi connectivity index (χ1n) is 11.2. The number of rotatable bonds is 8. The minimum absolute atomic E-state index is 0.0376. The van der Waals surface area contributed by atoms with Crippen LogP contribution in [-0.4, -0.2) is 41.0 Å². The number of nitrogens with zero attached hydrogens (tertiary/aromatic N) is 2. The summed E-state index contributed by atoms with van der Waals surface area (Å²) in [5.74, 6) is -3.57. The van der Waals surface area contributed by atoms with Crippen molar-refractivity contribution >= 4 is 40.5 Å². The van der Waals surface area contributed by atoms with Gasteiger partial charge in [-0.2, -0.15) is 0 Å². The predicted octanol–water partition coefficient (Wildman–Crippen LogP) is 6.56. The highest BCUT2D eigenvalue weighted by atomic mass is 35.5. The molecule has 0 aliphatic carbocycles. The lowest BCUT2D eigenvalue weighted by atomic mass is 9.94. The molecule has 1 N–H and O–H groups in total. The zero-order chi connectivity index (χ0) is 28.3. The lowest BCUT2D eigenvalue weighted by Crippen LogP contribution is -2.17. The first kappa shape index (κ1) is 27.3. The molecule has 1 aromatic heterocycles. The number of ether oxygens (including phenoxy) is 1. The van der Waals surface area contributed by atoms with Crippen LogP contribution in [0.3, 0.4) is 0 Å². The molecule has 0 amide bonds. The standard InChI is InChI=1S/C28H18ClF3N2O5/c1-34(19-8-6-18(29)7-9-19)20-10-12-24(33-15-20)26(36)17-5-11-22(23(14-17)27(37)38)25(35)16-3-2-4-21(13-16)39-28(30,31)32/h2-15H,1H3,(H,37,38). The van der Waals surface area contributed by atoms with Gasteiger partial charge in [0.2, 0.25) is 5.78 Å². The lowest BCUT2D eigenvalue weighted by molar-refractivity contribution is -0.274. The number of benzene rings is 3. The first-order chi connectivity index (χ1) is 18.4. The monoisotopic (exact) mass is 554 g/mol. The number of aromatic nitrogens is 1. The summed E-state index contributed by atoms with van der Waals surface area (Å²) >= 11 is 5.93. The average Bonchev–Trinajstić information content (AvgIpc) is 2.91. The van der Waals surface area contributed by atoms with E-state index in [1.54, 1.807) is 18.2 Å². The van der Waals surface area contributed by atoms with Gasteiger partial charge in [-0.3, -0.25) is 14.6 Å². The zero-order valence-electron chi connectivity index (χ0n) is 20.1. The molecule has 4 aromatic rings. The average molecular weight is 555 g/mol. The second-order valence-corrected chi connectivity index (χ2v) is 8.67. The summed E-state index contributed by atoms with van der Waals surface area (Å²) in [5, 5.41) is 10.3. The van der Waals surface area contributed by atoms with Crippen LogP contribution in [0.4, 0.5) is 24.5 Å². The molecule has 0 unspecified atom stereocenters. The Balaban J connectivity index is 1.59. The van der Waals surface area contributed by atoms with Crippen molar-refractivity contribution in [3.05, 3.63) is 118 Å². The Kier molecular flexibility index (Phi) is 7.68. The Labute approximate surface area is 225 Å². The van der Waals surface area contributed by atoms with E-state index in [1.807, 2.05) is 24.1 Å². The molecule has 0 saturated heterocycles. The number of halogens is 4. The third-order valence-corrected chi connectivity index (χ3v) is 5.92. The number of ketones is 2. The highest BCUT2D eigenvalue weighted by Crippen LogP contribution is 2.27. The second kappa shape index (κ2) is 11.0. The van der Waals surface area contributed by atoms with Crippen LogP contribution in [-0.2, 0) is 0 Å². The number of carbonyl (C=O) groups is 3. The molecule has 0 aliphatic rings. The predicted molar refractivity (Wildman–Crippen MR) is 137 cm³/mol. The molecule has 0 fully saturated rings. The Bertz CT molecular complexity index is 1560. The van der Waals surface area contributed by atoms with E-state index in [0.29, 0.717) is 10.7 Å². The van der Waals surface area contributed by atoms with Gasteiger partial charge in [-0.05, 0) is 60.7 Å². The van der Waals surface area contributed by atoms with Gasteiger partial charge in [-0.15, -0.1) is 13.2 Å². The van der Waals surface area contributed by atoms with E-state index in [-0.39, 0.29) is 22.4 Å². The molecule has 198 valence electrons. The number of aromatic carboxylic acids is 1. The van der Waals surface area contributed by atoms with Crippen LogP contribution in [0.15, 0.2) is 85.1 Å². The van der Waals surface area contributed by atoms with Gasteiger partial charge in [0, 0.05) is 34.4 Å². The maximum absolute atomic E-state index is 13.0. The highest BCUT2D eigenvalue weighted by molar-refractivity contribution is 6.30. The number of pyridine rings is 1. The maximum atomic E-state index is 13.0. The van der Waals surface area contributed by atoms with Crippen molar-refractivity contribution in [2.75, 3.05) is 11.9 Å². The van der Waals surface area contributed by atoms with E-state index >= 15 is 0 Å². The quantitative estimate of drug-likeness (QED) is 0.246. The van der Waals surface area contributed by atoms with Crippen LogP contribution in [0.5, 0.6) is 5.75 Å². The Morgan fingerprint density at radius 2 is 1.51 bits per heavy atom. The van der Waals surface area contributed by atoms with Crippen LogP contribution in [0.2, 0.25) is 5.02 Å². The summed E-state index contributed by atoms with van der Waals surface area (Å²) in [5.41, 5.74) is 0.489. The molecule has 0 bridgehead atoms. The molecule has 0 saturated carbocycles. The summed E-state index contributed by atoms with van der Waals surface area (Å²) in [6, 6.07) is 17.9. The molecule has 39 heavy (non-hydrogen) atoms. The minimum Gasteiger partial charge on any atom is -0.478 e. The van der Waals surface area contributed by atoms with Crippen LogP contribution < -0.4 is 9.64 Å². The molecule has 3 aromatic carbocycles. The summed E-state index contributed by atoms with van der Waals surface area (Å²) < 4.78 is 41.5. The van der Waals surface area contributed by atoms with Crippen molar-refractivity contribution < 1.29 is 37.4 Å². The molecule has 1 heterocycles. The molecule has 0 aliphatic heterocycles. The normalized spacial score (nSPS) is 11.1. The molecule has 0 spiro atoms. The molecule has 4 rings (SSSR count). The first-order valence-corrected chi connectivity index (χ1v) is 11.6. The Morgan fingerprint density at radius 3 is 2.13 bits per heavy atom. The van der Waals surface area contributed by atoms with Crippen LogP contribution in [0, 0.1) is 0 Å². The summed E-state index contributed by atoms with van der Waals surface area (Å²) in [6.07, 6.45) is -3.48. The number of anilines is 2. The van der Waals surface area contributed by atoms with Crippen LogP contribution in [0.1, 0.15) is 42.3 Å². The van der Waals surface area contributed by atoms with Gasteiger partial charge >= 0.3 is 12.3 Å². The maximum Gasteiger partial charge on any atom is 0.573 e. The fourth-order valence-corrected chi connectivity index (χ4v) is 3.86. The number of hydrogen-bond acceptors (Lipinski definition) is 6. The van der Waals surface area contributed by atoms with E-state index in [0.717, 1.165) is 30.0 Å². The van der Waals surface area contributed by atoms with Gasteiger partial charge < -0.3 is 14.7 Å². The fraction of sp³-hybridized carbons (Fsp3) is 0.0714. The van der Waals surface area contributed by atoms with Gasteiger partial charge in [0.25, 0.3) is 0 Å². The van der Waals surface area contributed by atoms with Crippen molar-refractivity contribution in [2.45, 2.75) is 6.36 Å². The number of carbonyl (C=O) groups excluding carboxylic acids is 2. The highest BCUT2D eigenvalue weighted by Gasteiger charge is 2.31. The Hall–Kier alpha value is -4.70. The van der Waals surface area contributed by atoms with Crippen molar-refractivity contribution in [1.29, 1.82) is 0 Å². The number of carboxylic acid groups (broad SMARTS) is 1. The topological polar surface area (TPSA) is 96.8 Å². The molecular weight excluding hydrogens is 537 g/mol. The van der Waals surface area contributed by atoms with Crippen molar-refractivity contribution in [1.82, 2.24) is 4.98 Å². The van der Waals surface area contributed by atoms with Gasteiger partial charge in [0.05, 0.1) is 17.4 Å². The number of hydrogen-bond donors (Lipinski definition) is 1. The van der Waals surface area contributed by atoms with E-state index in [1.165, 1.54) is 30.5 Å². The van der Waals surface area contributed by atoms with Gasteiger partial charge in [0.1, 0.15) is 11.4 Å². The fourth-order valence-electron chi connectivity index (χ4n) is 3.73. The molecule has 7 nitrogen and oxygen atoms in total. The molecule has 0 radical (unpaired) electrons. The summed E-state index contributed by atoms with van der Waals surface area (Å²) in [6.45, 7) is 0. The van der Waals surface area contributed by atoms with E-state index < -0.39 is 35.2 Å². The zero-order valence-corrected chi connectivity index (χ0v) is 20.8. The third kappa shape index (κ3) is 6.42. The molecular formula is C28H18ClF3N2O5. The Morgan fingerprint density at radius 1 is 0.846 bits per heavy atom. The van der Waals surface area contributed by atoms with Crippen molar-refractivity contribution in [3.63, 3.8) is 0 Å². The van der Waals surface area contributed by atoms with E-state index in [4.69, 9.17) is 11.6 Å². The van der Waals surface area contributed by atoms with Gasteiger partial charge in [0.15, 0.2) is 5.78 Å². The van der Waals surface area contributed by atoms with Crippen molar-refractivity contribution in [2.24, 2.45) is 0 Å². The SMILES string of the molecule is CN(c1ccc(Cl)cc1)c1ccc(C(=O)c2ccc(C(=O)c3cccc(OC(F)(F)F)c3)c(C(=O)O)c2)nc1. The molecule has 11 heteroatoms. The second-order valence-electron chi connectivity index (χ2n) is 8.24. The lowest BCUT2D eigenvalue weighted by Gasteiger charge is -2.19. The van der Waals surface area contributed by atoms with Gasteiger partial charge in [-0.25, -0.2) is 4.79 Å². The van der Waals surface area contributed by atoms with Crippen LogP contribution >= 0.6 is 11.6 Å². The van der Waals surface area contributed by atoms with Gasteiger partial charge in [-0.1, -0.05) is 29.8 Å². The largest absolute Gasteiger partial charge is 0.573 e. The molecule has 0 atom stereocenters. The van der Waals surface area contributed by atoms with Crippen molar-refractivity contribution in [3.8, 4) is 5.75 Å². The summed E-state index contributed by atoms with van der Waals surface area (Å²) in [4.78, 5) is 44.0. The smallest absolute Gasteiger partial charge is 0.478 e. The minimum atomic E-state index is -4.96. The number of alkyl halides is 3. The summed E-state index contributed by atoms with van der Waals surface area (Å²) in [7, 11) is 1.81. The number of carboxylic acids is 1. The van der Waals surface area contributed by atoms with E-state index in [2.05, 4.69) is 9.72 Å². The third-order valence-electron chi connectivity index (χ3n) is 5.67. The van der Waals surface area contributed by atoms with Crippen LogP contribution in [0.25, 0.3) is 0 Å².